The lowest BCUT2D eigenvalue weighted by Crippen LogP contribution is -2.32. The summed E-state index contributed by atoms with van der Waals surface area (Å²) in [6, 6.07) is 3.49. The summed E-state index contributed by atoms with van der Waals surface area (Å²) in [6.45, 7) is 2.40. The average Bonchev–Trinajstić information content (AvgIpc) is 3.24. The van der Waals surface area contributed by atoms with Gasteiger partial charge < -0.3 is 19.4 Å². The maximum absolute atomic E-state index is 12.1. The van der Waals surface area contributed by atoms with Crippen molar-refractivity contribution in [1.29, 1.82) is 0 Å². The molecule has 1 amide bonds. The first-order valence-electron chi connectivity index (χ1n) is 7.97. The van der Waals surface area contributed by atoms with Crippen LogP contribution in [0, 0.1) is 5.92 Å². The number of rotatable bonds is 5. The Morgan fingerprint density at radius 1 is 1.48 bits per heavy atom. The zero-order chi connectivity index (χ0) is 16.4. The summed E-state index contributed by atoms with van der Waals surface area (Å²) in [5.41, 5.74) is 0. The summed E-state index contributed by atoms with van der Waals surface area (Å²) < 4.78 is 7.32. The van der Waals surface area contributed by atoms with Gasteiger partial charge in [-0.3, -0.25) is 4.79 Å². The van der Waals surface area contributed by atoms with Crippen LogP contribution in [0.1, 0.15) is 47.8 Å². The highest BCUT2D eigenvalue weighted by atomic mass is 16.3. The second kappa shape index (κ2) is 6.54. The SMILES string of the molecule is CCc1ccc(C(=O)NC[C@H]2C[C@H](c3nncn3C)C[C@H]2O)o1. The fourth-order valence-electron chi connectivity index (χ4n) is 3.20. The van der Waals surface area contributed by atoms with Gasteiger partial charge in [0.25, 0.3) is 5.91 Å². The van der Waals surface area contributed by atoms with Crippen molar-refractivity contribution >= 4 is 5.91 Å². The molecule has 2 aromatic heterocycles. The number of aliphatic hydroxyl groups excluding tert-OH is 1. The molecule has 7 heteroatoms. The second-order valence-corrected chi connectivity index (χ2v) is 6.13. The molecule has 1 aliphatic rings. The molecule has 2 N–H and O–H groups in total. The number of aryl methyl sites for hydroxylation is 2. The Labute approximate surface area is 134 Å². The Bertz CT molecular complexity index is 678. The van der Waals surface area contributed by atoms with E-state index in [0.29, 0.717) is 18.7 Å². The van der Waals surface area contributed by atoms with Gasteiger partial charge in [-0.05, 0) is 25.0 Å². The van der Waals surface area contributed by atoms with Crippen molar-refractivity contribution in [2.24, 2.45) is 13.0 Å². The Balaban J connectivity index is 1.56. The number of nitrogens with zero attached hydrogens (tertiary/aromatic N) is 3. The fourth-order valence-corrected chi connectivity index (χ4v) is 3.20. The van der Waals surface area contributed by atoms with Crippen LogP contribution in [0.15, 0.2) is 22.9 Å². The molecule has 0 aromatic carbocycles. The monoisotopic (exact) mass is 318 g/mol. The molecule has 1 fully saturated rings. The maximum Gasteiger partial charge on any atom is 0.287 e. The molecular weight excluding hydrogens is 296 g/mol. The van der Waals surface area contributed by atoms with Gasteiger partial charge in [0.2, 0.25) is 0 Å². The van der Waals surface area contributed by atoms with E-state index < -0.39 is 6.10 Å². The lowest BCUT2D eigenvalue weighted by molar-refractivity contribution is 0.0888. The van der Waals surface area contributed by atoms with Gasteiger partial charge in [-0.25, -0.2) is 0 Å². The molecule has 2 heterocycles. The highest BCUT2D eigenvalue weighted by molar-refractivity contribution is 5.91. The van der Waals surface area contributed by atoms with Gasteiger partial charge in [0.1, 0.15) is 17.9 Å². The Hall–Kier alpha value is -2.15. The van der Waals surface area contributed by atoms with Crippen molar-refractivity contribution < 1.29 is 14.3 Å². The molecule has 0 bridgehead atoms. The van der Waals surface area contributed by atoms with Gasteiger partial charge in [0.15, 0.2) is 5.76 Å². The fraction of sp³-hybridized carbons (Fsp3) is 0.562. The predicted molar refractivity (Wildman–Crippen MR) is 82.9 cm³/mol. The second-order valence-electron chi connectivity index (χ2n) is 6.13. The van der Waals surface area contributed by atoms with Crippen LogP contribution in [-0.4, -0.2) is 38.4 Å². The molecule has 2 aromatic rings. The predicted octanol–water partition coefficient (Wildman–Crippen LogP) is 1.25. The topological polar surface area (TPSA) is 93.2 Å². The summed E-state index contributed by atoms with van der Waals surface area (Å²) >= 11 is 0. The van der Waals surface area contributed by atoms with Gasteiger partial charge in [0.05, 0.1) is 6.10 Å². The summed E-state index contributed by atoms with van der Waals surface area (Å²) in [4.78, 5) is 12.1. The summed E-state index contributed by atoms with van der Waals surface area (Å²) in [5, 5.41) is 21.1. The largest absolute Gasteiger partial charge is 0.456 e. The highest BCUT2D eigenvalue weighted by Crippen LogP contribution is 2.37. The Morgan fingerprint density at radius 3 is 2.96 bits per heavy atom. The molecule has 0 radical (unpaired) electrons. The molecule has 23 heavy (non-hydrogen) atoms. The van der Waals surface area contributed by atoms with Crippen LogP contribution in [0.3, 0.4) is 0 Å². The zero-order valence-electron chi connectivity index (χ0n) is 13.4. The summed E-state index contributed by atoms with van der Waals surface area (Å²) in [5.74, 6) is 1.95. The number of aliphatic hydroxyl groups is 1. The van der Waals surface area contributed by atoms with Crippen molar-refractivity contribution in [1.82, 2.24) is 20.1 Å². The standard InChI is InChI=1S/C16H22N4O3/c1-3-12-4-5-14(23-12)16(22)17-8-11-6-10(7-13(11)21)15-19-18-9-20(15)2/h4-5,9-11,13,21H,3,6-8H2,1-2H3,(H,17,22)/t10-,11+,13+/m0/s1. The van der Waals surface area contributed by atoms with Crippen LogP contribution in [0.2, 0.25) is 0 Å². The third-order valence-corrected chi connectivity index (χ3v) is 4.53. The van der Waals surface area contributed by atoms with Crippen LogP contribution >= 0.6 is 0 Å². The molecule has 0 unspecified atom stereocenters. The van der Waals surface area contributed by atoms with E-state index >= 15 is 0 Å². The van der Waals surface area contributed by atoms with Gasteiger partial charge in [-0.15, -0.1) is 10.2 Å². The first-order valence-corrected chi connectivity index (χ1v) is 7.97. The van der Waals surface area contributed by atoms with Crippen molar-refractivity contribution in [3.63, 3.8) is 0 Å². The molecule has 3 atom stereocenters. The van der Waals surface area contributed by atoms with E-state index in [1.807, 2.05) is 24.6 Å². The minimum absolute atomic E-state index is 0.0151. The minimum Gasteiger partial charge on any atom is -0.456 e. The highest BCUT2D eigenvalue weighted by Gasteiger charge is 2.36. The van der Waals surface area contributed by atoms with E-state index in [-0.39, 0.29) is 17.7 Å². The van der Waals surface area contributed by atoms with E-state index in [0.717, 1.165) is 24.4 Å². The van der Waals surface area contributed by atoms with Gasteiger partial charge in [0, 0.05) is 31.8 Å². The smallest absolute Gasteiger partial charge is 0.287 e. The van der Waals surface area contributed by atoms with Crippen LogP contribution < -0.4 is 5.32 Å². The number of carbonyl (C=O) groups is 1. The van der Waals surface area contributed by atoms with Crippen molar-refractivity contribution in [3.8, 4) is 0 Å². The normalized spacial score (nSPS) is 24.0. The molecule has 0 aliphatic heterocycles. The molecule has 124 valence electrons. The van der Waals surface area contributed by atoms with Crippen LogP contribution in [0.25, 0.3) is 0 Å². The maximum atomic E-state index is 12.1. The number of amides is 1. The van der Waals surface area contributed by atoms with Crippen molar-refractivity contribution in [2.75, 3.05) is 6.54 Å². The van der Waals surface area contributed by atoms with Crippen molar-refractivity contribution in [2.45, 2.75) is 38.2 Å². The van der Waals surface area contributed by atoms with Gasteiger partial charge >= 0.3 is 0 Å². The number of hydrogen-bond acceptors (Lipinski definition) is 5. The first kappa shape index (κ1) is 15.7. The van der Waals surface area contributed by atoms with E-state index in [4.69, 9.17) is 4.42 Å². The number of furan rings is 1. The molecule has 3 rings (SSSR count). The van der Waals surface area contributed by atoms with Crippen LogP contribution in [0.4, 0.5) is 0 Å². The average molecular weight is 318 g/mol. The lowest BCUT2D eigenvalue weighted by atomic mass is 10.0. The van der Waals surface area contributed by atoms with E-state index in [9.17, 15) is 9.90 Å². The number of nitrogens with one attached hydrogen (secondary N) is 1. The molecular formula is C16H22N4O3. The molecule has 1 aliphatic carbocycles. The van der Waals surface area contributed by atoms with E-state index in [1.165, 1.54) is 0 Å². The lowest BCUT2D eigenvalue weighted by Gasteiger charge is -2.14. The Morgan fingerprint density at radius 2 is 2.30 bits per heavy atom. The summed E-state index contributed by atoms with van der Waals surface area (Å²) in [6.07, 6.45) is 3.41. The molecule has 0 spiro atoms. The Kier molecular flexibility index (Phi) is 4.47. The molecule has 1 saturated carbocycles. The van der Waals surface area contributed by atoms with Gasteiger partial charge in [-0.2, -0.15) is 0 Å². The van der Waals surface area contributed by atoms with E-state index in [2.05, 4.69) is 15.5 Å². The molecule has 0 saturated heterocycles. The quantitative estimate of drug-likeness (QED) is 0.865. The van der Waals surface area contributed by atoms with E-state index in [1.54, 1.807) is 12.4 Å². The van der Waals surface area contributed by atoms with Gasteiger partial charge in [-0.1, -0.05) is 6.92 Å². The van der Waals surface area contributed by atoms with Crippen LogP contribution in [-0.2, 0) is 13.5 Å². The molecule has 7 nitrogen and oxygen atoms in total. The third kappa shape index (κ3) is 3.29. The number of carbonyl (C=O) groups excluding carboxylic acids is 1. The zero-order valence-corrected chi connectivity index (χ0v) is 13.4. The number of hydrogen-bond donors (Lipinski definition) is 2. The van der Waals surface area contributed by atoms with Crippen molar-refractivity contribution in [3.05, 3.63) is 35.8 Å². The summed E-state index contributed by atoms with van der Waals surface area (Å²) in [7, 11) is 1.90. The minimum atomic E-state index is -0.445. The third-order valence-electron chi connectivity index (χ3n) is 4.53. The number of aromatic nitrogens is 3. The first-order chi connectivity index (χ1) is 11.1. The van der Waals surface area contributed by atoms with Crippen LogP contribution in [0.5, 0.6) is 0 Å².